The number of hydrogen-bond donors (Lipinski definition) is 5. The molecule has 0 atom stereocenters. The number of halogens is 14. The molecule has 11 aromatic rings. The number of aromatic amines is 1. The molecule has 0 bridgehead atoms. The zero-order valence-corrected chi connectivity index (χ0v) is 61.4. The van der Waals surface area contributed by atoms with Gasteiger partial charge in [-0.2, -0.15) is 0 Å². The number of H-pyrrole nitrogens is 1. The molecule has 0 unspecified atom stereocenters. The zero-order chi connectivity index (χ0) is 71.5. The van der Waals surface area contributed by atoms with Crippen LogP contribution in [0, 0.1) is 38.2 Å². The second-order valence-corrected chi connectivity index (χ2v) is 31.1. The highest BCUT2D eigenvalue weighted by atomic mass is 35.5. The number of sulfonamides is 2. The van der Waals surface area contributed by atoms with Gasteiger partial charge in [-0.05, 0) is 157 Å². The third-order valence-electron chi connectivity index (χ3n) is 13.4. The number of alkyl halides is 1. The molecule has 14 nitrogen and oxygen atoms in total. The number of nitrogens with zero attached hydrogens (tertiary/aromatic N) is 2. The standard InChI is InChI=1S/C23H15Cl4FN2O3S2.C19H14Cl2FNO2.C12H10FNO2.C7H5Cl3.C4H3Cl2NO2S2/c1-12-10-30(11-14-2-4-15(24)7-18(14)25)22-13(6-16(28)8-17(12)22)3-5-20(31)29-35(32,33)21-9-19(26)23(27)34-21;1-11-9-23(10-13-2-4-14(20)7-17(13)21)19-12(3-5-18(24)25)6-15(22)8-16(11)19;1-7-6-14-12-8(2-3-11(15)16)4-9(13)5-10(7)12;8-4-5-1-2-6(9)3-7(5)10;5-2-1-3(10-4(2)6)11(7,8)9/h2-10H,11H2,1H3,(H,29,31);2-9H,10H2,1H3,(H,24,25);2-6,14H,1H3,(H,15,16);1-3H,4H2;1H,(H2,7,8,9)/b2*5-3+;3-2+;;. The lowest BCUT2D eigenvalue weighted by Gasteiger charge is -2.10. The quantitative estimate of drug-likeness (QED) is 0.0515. The number of hydrogen-bond acceptors (Lipinski definition) is 9. The van der Waals surface area contributed by atoms with E-state index in [0.717, 1.165) is 102 Å². The number of nitrogens with two attached hydrogens (primary N) is 1. The number of nitrogens with one attached hydrogen (secondary N) is 2. The first-order chi connectivity index (χ1) is 45.5. The van der Waals surface area contributed by atoms with E-state index in [2.05, 4.69) is 4.98 Å². The van der Waals surface area contributed by atoms with E-state index in [1.54, 1.807) is 48.7 Å². The van der Waals surface area contributed by atoms with Gasteiger partial charge in [0.15, 0.2) is 0 Å². The van der Waals surface area contributed by atoms with Crippen molar-refractivity contribution in [1.29, 1.82) is 0 Å². The molecule has 5 aromatic heterocycles. The number of amides is 1. The van der Waals surface area contributed by atoms with Crippen molar-refractivity contribution in [2.24, 2.45) is 5.14 Å². The summed E-state index contributed by atoms with van der Waals surface area (Å²) in [5.41, 5.74) is 8.77. The number of carboxylic acid groups (broad SMARTS) is 2. The maximum atomic E-state index is 14.4. The van der Waals surface area contributed by atoms with Crippen molar-refractivity contribution < 1.29 is 54.6 Å². The summed E-state index contributed by atoms with van der Waals surface area (Å²) in [5.74, 6) is -3.93. The van der Waals surface area contributed by atoms with Gasteiger partial charge in [0.25, 0.3) is 15.9 Å². The first-order valence-corrected chi connectivity index (χ1v) is 36.2. The van der Waals surface area contributed by atoms with Crippen LogP contribution >= 0.6 is 150 Å². The lowest BCUT2D eigenvalue weighted by Crippen LogP contribution is -2.28. The Morgan fingerprint density at radius 2 is 0.918 bits per heavy atom. The Hall–Kier alpha value is -6.19. The van der Waals surface area contributed by atoms with Crippen molar-refractivity contribution in [3.8, 4) is 0 Å². The summed E-state index contributed by atoms with van der Waals surface area (Å²) in [6.07, 6.45) is 12.6. The molecule has 6 N–H and O–H groups in total. The fraction of sp³-hybridized carbons (Fsp3) is 0.0923. The summed E-state index contributed by atoms with van der Waals surface area (Å²) in [4.78, 5) is 36.6. The highest BCUT2D eigenvalue weighted by Gasteiger charge is 2.22. The number of rotatable bonds is 14. The molecule has 11 rings (SSSR count). The molecule has 0 saturated heterocycles. The molecule has 0 aliphatic rings. The fourth-order valence-corrected chi connectivity index (χ4v) is 16.0. The summed E-state index contributed by atoms with van der Waals surface area (Å²) in [6.45, 7) is 6.41. The van der Waals surface area contributed by atoms with E-state index < -0.39 is 49.5 Å². The summed E-state index contributed by atoms with van der Waals surface area (Å²) in [6, 6.07) is 26.2. The zero-order valence-electron chi connectivity index (χ0n) is 49.8. The van der Waals surface area contributed by atoms with Gasteiger partial charge in [0, 0.05) is 119 Å². The van der Waals surface area contributed by atoms with Gasteiger partial charge in [-0.25, -0.2) is 49.5 Å². The molecule has 0 radical (unpaired) electrons. The summed E-state index contributed by atoms with van der Waals surface area (Å²) >= 11 is 65.7. The molecule has 32 heteroatoms. The summed E-state index contributed by atoms with van der Waals surface area (Å²) in [7, 11) is -7.83. The molecule has 508 valence electrons. The van der Waals surface area contributed by atoms with E-state index in [-0.39, 0.29) is 33.0 Å². The largest absolute Gasteiger partial charge is 0.478 e. The van der Waals surface area contributed by atoms with E-state index in [1.165, 1.54) is 60.7 Å². The molecular formula is C65H47Cl11F3N5O9S4. The number of fused-ring (bicyclic) bond motifs is 3. The Kier molecular flexibility index (Phi) is 27.6. The number of aromatic nitrogens is 3. The van der Waals surface area contributed by atoms with E-state index in [0.29, 0.717) is 76.7 Å². The molecule has 0 saturated carbocycles. The summed E-state index contributed by atoms with van der Waals surface area (Å²) in [5, 5.41) is 28.0. The van der Waals surface area contributed by atoms with Gasteiger partial charge < -0.3 is 24.3 Å². The van der Waals surface area contributed by atoms with Crippen LogP contribution in [-0.4, -0.2) is 59.0 Å². The number of aryl methyl sites for hydroxylation is 3. The van der Waals surface area contributed by atoms with Crippen LogP contribution in [-0.2, 0) is 53.4 Å². The maximum absolute atomic E-state index is 14.4. The van der Waals surface area contributed by atoms with Crippen LogP contribution in [0.15, 0.2) is 148 Å². The van der Waals surface area contributed by atoms with Crippen molar-refractivity contribution in [3.05, 3.63) is 256 Å². The highest BCUT2D eigenvalue weighted by molar-refractivity contribution is 7.92. The number of benzene rings is 6. The SMILES string of the molecule is Cc1c[nH]c2c(/C=C/C(=O)O)cc(F)cc12.Cc1cn(Cc2ccc(Cl)cc2Cl)c2c(/C=C/C(=O)NS(=O)(=O)c3cc(Cl)c(Cl)s3)cc(F)cc12.Cc1cn(Cc2ccc(Cl)cc2Cl)c2c(/C=C/C(=O)O)cc(F)cc12.ClCc1ccc(Cl)cc1Cl.NS(=O)(=O)c1cc(Cl)c(Cl)s1. The number of aliphatic carboxylic acids is 2. The van der Waals surface area contributed by atoms with E-state index in [1.807, 2.05) is 59.2 Å². The molecule has 1 amide bonds. The Balaban J connectivity index is 0.000000185. The van der Waals surface area contributed by atoms with E-state index in [4.69, 9.17) is 143 Å². The second-order valence-electron chi connectivity index (χ2n) is 20.5. The minimum Gasteiger partial charge on any atom is -0.478 e. The minimum absolute atomic E-state index is 0.0208. The Bertz CT molecular complexity index is 5130. The average molecular weight is 1620 g/mol. The molecule has 0 spiro atoms. The van der Waals surface area contributed by atoms with Gasteiger partial charge in [0.1, 0.15) is 34.5 Å². The molecule has 6 aromatic carbocycles. The van der Waals surface area contributed by atoms with Crippen molar-refractivity contribution in [3.63, 3.8) is 0 Å². The number of primary sulfonamides is 1. The third-order valence-corrected chi connectivity index (χ3v) is 22.5. The number of carboxylic acids is 2. The van der Waals surface area contributed by atoms with Gasteiger partial charge >= 0.3 is 11.9 Å². The van der Waals surface area contributed by atoms with Crippen LogP contribution in [0.5, 0.6) is 0 Å². The average Bonchev–Trinajstić information content (AvgIpc) is 1.65. The predicted octanol–water partition coefficient (Wildman–Crippen LogP) is 21.0. The van der Waals surface area contributed by atoms with Crippen LogP contribution in [0.25, 0.3) is 50.9 Å². The lowest BCUT2D eigenvalue weighted by molar-refractivity contribution is -0.132. The lowest BCUT2D eigenvalue weighted by atomic mass is 10.1. The number of carbonyl (C=O) groups excluding carboxylic acids is 1. The van der Waals surface area contributed by atoms with E-state index >= 15 is 0 Å². The smallest absolute Gasteiger partial charge is 0.328 e. The fourth-order valence-electron chi connectivity index (χ4n) is 9.14. The van der Waals surface area contributed by atoms with Crippen LogP contribution in [0.2, 0.25) is 48.9 Å². The molecular weight excluding hydrogens is 1570 g/mol. The first-order valence-electron chi connectivity index (χ1n) is 27.2. The molecule has 97 heavy (non-hydrogen) atoms. The van der Waals surface area contributed by atoms with Crippen LogP contribution < -0.4 is 9.86 Å². The Labute approximate surface area is 616 Å². The molecule has 5 heterocycles. The van der Waals surface area contributed by atoms with E-state index in [9.17, 15) is 44.4 Å². The van der Waals surface area contributed by atoms with Crippen LogP contribution in [0.3, 0.4) is 0 Å². The molecule has 0 fully saturated rings. The van der Waals surface area contributed by atoms with Crippen LogP contribution in [0.1, 0.15) is 50.1 Å². The second kappa shape index (κ2) is 34.3. The van der Waals surface area contributed by atoms with Gasteiger partial charge in [0.05, 0.1) is 26.6 Å². The van der Waals surface area contributed by atoms with Gasteiger partial charge in [-0.1, -0.05) is 134 Å². The maximum Gasteiger partial charge on any atom is 0.328 e. The van der Waals surface area contributed by atoms with Crippen molar-refractivity contribution in [1.82, 2.24) is 18.8 Å². The normalized spacial score (nSPS) is 11.6. The van der Waals surface area contributed by atoms with Crippen LogP contribution in [0.4, 0.5) is 13.2 Å². The Morgan fingerprint density at radius 1 is 0.526 bits per heavy atom. The van der Waals surface area contributed by atoms with Gasteiger partial charge in [-0.15, -0.1) is 34.3 Å². The Morgan fingerprint density at radius 3 is 1.30 bits per heavy atom. The highest BCUT2D eigenvalue weighted by Crippen LogP contribution is 2.37. The van der Waals surface area contributed by atoms with Crippen molar-refractivity contribution >= 4 is 239 Å². The monoisotopic (exact) mass is 1610 g/mol. The van der Waals surface area contributed by atoms with Gasteiger partial charge in [0.2, 0.25) is 10.0 Å². The predicted molar refractivity (Wildman–Crippen MR) is 391 cm³/mol. The van der Waals surface area contributed by atoms with Crippen molar-refractivity contribution in [2.45, 2.75) is 48.2 Å². The number of carbonyl (C=O) groups is 3. The minimum atomic E-state index is -4.18. The van der Waals surface area contributed by atoms with Crippen molar-refractivity contribution in [2.75, 3.05) is 0 Å². The molecule has 0 aliphatic heterocycles. The number of thiophene rings is 2. The topological polar surface area (TPSA) is 224 Å². The summed E-state index contributed by atoms with van der Waals surface area (Å²) < 4.78 is 93.6. The third kappa shape index (κ3) is 21.4. The first kappa shape index (κ1) is 78.2. The molecule has 0 aliphatic carbocycles. The van der Waals surface area contributed by atoms with Gasteiger partial charge in [-0.3, -0.25) is 4.79 Å².